The molecule has 122 valence electrons. The Kier molecular flexibility index (Phi) is 6.36. The van der Waals surface area contributed by atoms with Crippen LogP contribution in [0.15, 0.2) is 18.2 Å². The molecule has 1 atom stereocenters. The molecule has 9 heteroatoms. The average Bonchev–Trinajstić information content (AvgIpc) is 2.44. The minimum absolute atomic E-state index is 0.0724. The zero-order chi connectivity index (χ0) is 16.7. The van der Waals surface area contributed by atoms with Crippen LogP contribution in [0.25, 0.3) is 0 Å². The van der Waals surface area contributed by atoms with Gasteiger partial charge in [0.15, 0.2) is 11.5 Å². The number of nitrogens with one attached hydrogen (secondary N) is 2. The molecule has 0 bridgehead atoms. The van der Waals surface area contributed by atoms with Gasteiger partial charge in [0.1, 0.15) is 6.04 Å². The number of benzene rings is 1. The van der Waals surface area contributed by atoms with Gasteiger partial charge in [-0.2, -0.15) is 8.78 Å². The van der Waals surface area contributed by atoms with Gasteiger partial charge in [0.2, 0.25) is 0 Å². The zero-order valence-corrected chi connectivity index (χ0v) is 11.9. The fourth-order valence-corrected chi connectivity index (χ4v) is 1.61. The number of hydrogen-bond donors (Lipinski definition) is 3. The van der Waals surface area contributed by atoms with Gasteiger partial charge in [-0.05, 0) is 18.6 Å². The molecule has 0 aliphatic rings. The van der Waals surface area contributed by atoms with Gasteiger partial charge in [0.05, 0.1) is 7.11 Å². The van der Waals surface area contributed by atoms with Gasteiger partial charge in [-0.1, -0.05) is 6.92 Å². The SMILES string of the molecule is CCC(NC(=O)Nc1ccc(OC)c(OC(F)F)c1)C(=O)O. The third-order valence-electron chi connectivity index (χ3n) is 2.65. The Morgan fingerprint density at radius 1 is 1.32 bits per heavy atom. The van der Waals surface area contributed by atoms with Crippen molar-refractivity contribution in [1.82, 2.24) is 5.32 Å². The summed E-state index contributed by atoms with van der Waals surface area (Å²) in [4.78, 5) is 22.5. The number of amides is 2. The first-order valence-electron chi connectivity index (χ1n) is 6.30. The highest BCUT2D eigenvalue weighted by Gasteiger charge is 2.18. The number of ether oxygens (including phenoxy) is 2. The lowest BCUT2D eigenvalue weighted by molar-refractivity contribution is -0.139. The van der Waals surface area contributed by atoms with Crippen molar-refractivity contribution >= 4 is 17.7 Å². The van der Waals surface area contributed by atoms with Gasteiger partial charge < -0.3 is 25.2 Å². The minimum atomic E-state index is -3.05. The van der Waals surface area contributed by atoms with Crippen LogP contribution < -0.4 is 20.1 Å². The van der Waals surface area contributed by atoms with E-state index in [1.807, 2.05) is 0 Å². The number of halogens is 2. The van der Waals surface area contributed by atoms with E-state index < -0.39 is 24.7 Å². The fraction of sp³-hybridized carbons (Fsp3) is 0.385. The van der Waals surface area contributed by atoms with Crippen LogP contribution in [0.3, 0.4) is 0 Å². The molecule has 0 fully saturated rings. The van der Waals surface area contributed by atoms with Crippen molar-refractivity contribution in [1.29, 1.82) is 0 Å². The number of aliphatic carboxylic acids is 1. The van der Waals surface area contributed by atoms with Crippen molar-refractivity contribution in [2.75, 3.05) is 12.4 Å². The summed E-state index contributed by atoms with van der Waals surface area (Å²) in [5.74, 6) is -1.35. The predicted molar refractivity (Wildman–Crippen MR) is 73.5 cm³/mol. The standard InChI is InChI=1S/C13H16F2N2O5/c1-3-8(11(18)19)17-13(20)16-7-4-5-9(21-2)10(6-7)22-12(14)15/h4-6,8,12H,3H2,1-2H3,(H,18,19)(H2,16,17,20). The lowest BCUT2D eigenvalue weighted by Crippen LogP contribution is -2.42. The second-order valence-electron chi connectivity index (χ2n) is 4.14. The Balaban J connectivity index is 2.80. The molecule has 1 rings (SSSR count). The molecule has 3 N–H and O–H groups in total. The number of carboxylic acid groups (broad SMARTS) is 1. The highest BCUT2D eigenvalue weighted by Crippen LogP contribution is 2.31. The lowest BCUT2D eigenvalue weighted by atomic mass is 10.2. The molecule has 7 nitrogen and oxygen atoms in total. The number of carboxylic acids is 1. The zero-order valence-electron chi connectivity index (χ0n) is 11.9. The normalized spacial score (nSPS) is 11.7. The van der Waals surface area contributed by atoms with E-state index in [-0.39, 0.29) is 23.6 Å². The summed E-state index contributed by atoms with van der Waals surface area (Å²) >= 11 is 0. The van der Waals surface area contributed by atoms with Crippen molar-refractivity contribution < 1.29 is 33.0 Å². The number of anilines is 1. The summed E-state index contributed by atoms with van der Waals surface area (Å²) < 4.78 is 33.7. The van der Waals surface area contributed by atoms with Crippen molar-refractivity contribution in [2.45, 2.75) is 26.0 Å². The highest BCUT2D eigenvalue weighted by molar-refractivity contribution is 5.92. The average molecular weight is 318 g/mol. The van der Waals surface area contributed by atoms with Crippen LogP contribution in [0, 0.1) is 0 Å². The first-order chi connectivity index (χ1) is 10.4. The monoisotopic (exact) mass is 318 g/mol. The van der Waals surface area contributed by atoms with Crippen LogP contribution in [-0.4, -0.2) is 36.9 Å². The number of hydrogen-bond acceptors (Lipinski definition) is 4. The number of urea groups is 1. The fourth-order valence-electron chi connectivity index (χ4n) is 1.61. The molecular formula is C13H16F2N2O5. The topological polar surface area (TPSA) is 96.9 Å². The molecule has 0 aliphatic carbocycles. The minimum Gasteiger partial charge on any atom is -0.493 e. The first-order valence-corrected chi connectivity index (χ1v) is 6.30. The van der Waals surface area contributed by atoms with Gasteiger partial charge >= 0.3 is 18.6 Å². The quantitative estimate of drug-likeness (QED) is 0.716. The summed E-state index contributed by atoms with van der Waals surface area (Å²) in [7, 11) is 1.28. The van der Waals surface area contributed by atoms with Gasteiger partial charge in [-0.15, -0.1) is 0 Å². The largest absolute Gasteiger partial charge is 0.493 e. The molecule has 0 heterocycles. The van der Waals surface area contributed by atoms with Crippen molar-refractivity contribution in [3.8, 4) is 11.5 Å². The van der Waals surface area contributed by atoms with Gasteiger partial charge in [0, 0.05) is 11.8 Å². The Labute approximate surface area is 125 Å². The van der Waals surface area contributed by atoms with Crippen LogP contribution in [0.4, 0.5) is 19.3 Å². The van der Waals surface area contributed by atoms with E-state index >= 15 is 0 Å². The Morgan fingerprint density at radius 2 is 2.00 bits per heavy atom. The van der Waals surface area contributed by atoms with E-state index in [1.165, 1.54) is 19.2 Å². The predicted octanol–water partition coefficient (Wildman–Crippen LogP) is 2.28. The van der Waals surface area contributed by atoms with Crippen LogP contribution >= 0.6 is 0 Å². The van der Waals surface area contributed by atoms with Crippen LogP contribution in [0.5, 0.6) is 11.5 Å². The number of carbonyl (C=O) groups excluding carboxylic acids is 1. The molecule has 0 saturated carbocycles. The lowest BCUT2D eigenvalue weighted by Gasteiger charge is -2.15. The summed E-state index contributed by atoms with van der Waals surface area (Å²) in [6.45, 7) is -1.45. The maximum absolute atomic E-state index is 12.3. The molecule has 0 saturated heterocycles. The van der Waals surface area contributed by atoms with Gasteiger partial charge in [-0.25, -0.2) is 9.59 Å². The molecule has 1 unspecified atom stereocenters. The smallest absolute Gasteiger partial charge is 0.387 e. The molecule has 0 radical (unpaired) electrons. The molecule has 2 amide bonds. The molecule has 22 heavy (non-hydrogen) atoms. The van der Waals surface area contributed by atoms with Crippen molar-refractivity contribution in [3.05, 3.63) is 18.2 Å². The second kappa shape index (κ2) is 8.01. The molecule has 1 aromatic rings. The number of rotatable bonds is 7. The second-order valence-corrected chi connectivity index (χ2v) is 4.14. The molecular weight excluding hydrogens is 302 g/mol. The summed E-state index contributed by atoms with van der Waals surface area (Å²) in [5, 5.41) is 13.4. The van der Waals surface area contributed by atoms with E-state index in [9.17, 15) is 18.4 Å². The van der Waals surface area contributed by atoms with Gasteiger partial charge in [0.25, 0.3) is 0 Å². The van der Waals surface area contributed by atoms with Crippen molar-refractivity contribution in [3.63, 3.8) is 0 Å². The van der Waals surface area contributed by atoms with E-state index in [4.69, 9.17) is 9.84 Å². The first kappa shape index (κ1) is 17.5. The van der Waals surface area contributed by atoms with E-state index in [1.54, 1.807) is 6.92 Å². The summed E-state index contributed by atoms with van der Waals surface area (Å²) in [5.41, 5.74) is 0.147. The summed E-state index contributed by atoms with van der Waals surface area (Å²) in [6.07, 6.45) is 0.200. The third-order valence-corrected chi connectivity index (χ3v) is 2.65. The Morgan fingerprint density at radius 3 is 2.50 bits per heavy atom. The Hall–Kier alpha value is -2.58. The number of methoxy groups -OCH3 is 1. The summed E-state index contributed by atoms with van der Waals surface area (Å²) in [6, 6.07) is 2.06. The van der Waals surface area contributed by atoms with Crippen LogP contribution in [-0.2, 0) is 4.79 Å². The van der Waals surface area contributed by atoms with Gasteiger partial charge in [-0.3, -0.25) is 0 Å². The van der Waals surface area contributed by atoms with Crippen LogP contribution in [0.1, 0.15) is 13.3 Å². The van der Waals surface area contributed by atoms with E-state index in [0.717, 1.165) is 6.07 Å². The van der Waals surface area contributed by atoms with Crippen molar-refractivity contribution in [2.24, 2.45) is 0 Å². The highest BCUT2D eigenvalue weighted by atomic mass is 19.3. The third kappa shape index (κ3) is 5.08. The maximum atomic E-state index is 12.3. The number of carbonyl (C=O) groups is 2. The molecule has 0 aliphatic heterocycles. The maximum Gasteiger partial charge on any atom is 0.387 e. The molecule has 0 aromatic heterocycles. The van der Waals surface area contributed by atoms with Crippen LogP contribution in [0.2, 0.25) is 0 Å². The van der Waals surface area contributed by atoms with E-state index in [2.05, 4.69) is 15.4 Å². The van der Waals surface area contributed by atoms with E-state index in [0.29, 0.717) is 0 Å². The number of alkyl halides is 2. The Bertz CT molecular complexity index is 539. The molecule has 1 aromatic carbocycles. The molecule has 0 spiro atoms.